The predicted molar refractivity (Wildman–Crippen MR) is 333 cm³/mol. The van der Waals surface area contributed by atoms with E-state index < -0.39 is 112 Å². The fourth-order valence-electron chi connectivity index (χ4n) is 10.4. The quantitative estimate of drug-likeness (QED) is 0.0210. The maximum absolute atomic E-state index is 14.5. The molecule has 15 N–H and O–H groups in total. The van der Waals surface area contributed by atoms with E-state index in [4.69, 9.17) is 16.6 Å². The van der Waals surface area contributed by atoms with Gasteiger partial charge in [0.25, 0.3) is 10.9 Å². The molecule has 0 aromatic heterocycles. The summed E-state index contributed by atoms with van der Waals surface area (Å²) in [4.78, 5) is 162. The van der Waals surface area contributed by atoms with E-state index in [1.54, 1.807) is 61.0 Å². The van der Waals surface area contributed by atoms with Crippen LogP contribution in [0.2, 0.25) is 0 Å². The number of nitrogens with zero attached hydrogens (tertiary/aromatic N) is 4. The van der Waals surface area contributed by atoms with Crippen LogP contribution in [0.25, 0.3) is 0 Å². The Balaban J connectivity index is 1.72. The van der Waals surface area contributed by atoms with Gasteiger partial charge in [-0.1, -0.05) is 64.4 Å². The van der Waals surface area contributed by atoms with Gasteiger partial charge < -0.3 is 78.8 Å². The molecule has 2 aromatic carbocycles. The first kappa shape index (κ1) is 75.8. The van der Waals surface area contributed by atoms with E-state index in [0.29, 0.717) is 56.9 Å². The number of likely N-dealkylation sites (N-methyl/N-ethyl adjacent to an activating group) is 1. The van der Waals surface area contributed by atoms with Crippen LogP contribution >= 0.6 is 0 Å². The molecule has 5 amide bonds. The number of anilines is 2. The van der Waals surface area contributed by atoms with Crippen molar-refractivity contribution >= 4 is 71.1 Å². The standard InChI is InChI=1S/C60H97N13O16/c1-6-39(4)49(57(84)66-41(18-10-12-22-61)54(81)67-42(19-11-13-23-62)58(85)73-26-15-21-46(73)56(83)68-45(60(88)89)35-40-16-8-7-9-17-40)69-55(82)44(34-38(2)3)65-51-50(52(79)53(51)80)64-24-14-20-43(59(86)87)63-25-27-71(32-33-74)30-31-72(37-48(77)78)29-28-70(5)36-47(75)76/h7-9,16-17,33,38-39,41-46,49,63-65H,6,10-15,18-32,34-37,61-62H2,1-5H3,(H,66,84)(H,67,81)(H,68,83)(H,69,82)(H,75,76)(H,77,78)(H,86,87)(H,88,89)/t39-,41-,42-,43?,44-,45-,46-,49-/m0/s1. The number of benzene rings is 1. The highest BCUT2D eigenvalue weighted by Crippen LogP contribution is 2.23. The molecule has 0 bridgehead atoms. The summed E-state index contributed by atoms with van der Waals surface area (Å²) in [6.45, 7) is 8.82. The third kappa shape index (κ3) is 26.7. The van der Waals surface area contributed by atoms with Gasteiger partial charge in [0.05, 0.1) is 19.6 Å². The molecular weight excluding hydrogens is 1160 g/mol. The van der Waals surface area contributed by atoms with Crippen LogP contribution in [0.4, 0.5) is 11.4 Å². The Morgan fingerprint density at radius 3 is 1.84 bits per heavy atom. The third-order valence-corrected chi connectivity index (χ3v) is 15.6. The number of rotatable bonds is 48. The molecule has 3 rings (SSSR count). The Kier molecular flexibility index (Phi) is 34.3. The third-order valence-electron chi connectivity index (χ3n) is 15.6. The van der Waals surface area contributed by atoms with Crippen molar-refractivity contribution < 1.29 is 68.4 Å². The zero-order valence-electron chi connectivity index (χ0n) is 52.2. The molecule has 0 saturated carbocycles. The summed E-state index contributed by atoms with van der Waals surface area (Å²) in [7, 11) is 1.59. The molecule has 1 saturated heterocycles. The van der Waals surface area contributed by atoms with Crippen LogP contribution in [-0.4, -0.2) is 234 Å². The minimum atomic E-state index is -1.27. The Morgan fingerprint density at radius 2 is 1.25 bits per heavy atom. The SMILES string of the molecule is CC[C@H](C)[C@H](NC(=O)[C@H](CC(C)C)Nc1c(NCCCC(NCCN(CC=O)CCN(CCN(C)CC(=O)O)CC(=O)O)C(=O)O)c(=O)c1=O)C(=O)N[C@@H](CCCCN)C(=O)N[C@@H](CCCCN)C(=O)N1CCC[C@H]1C(=O)N[C@@H](Cc1ccccc1)C(=O)O. The molecule has 1 aliphatic rings. The second kappa shape index (κ2) is 40.2. The smallest absolute Gasteiger partial charge is 0.326 e. The Labute approximate surface area is 519 Å². The molecule has 0 spiro atoms. The van der Waals surface area contributed by atoms with Crippen LogP contribution in [0.5, 0.6) is 0 Å². The second-order valence-corrected chi connectivity index (χ2v) is 23.3. The van der Waals surface area contributed by atoms with Crippen LogP contribution in [0, 0.1) is 11.8 Å². The van der Waals surface area contributed by atoms with E-state index in [0.717, 1.165) is 0 Å². The van der Waals surface area contributed by atoms with Gasteiger partial charge in [-0.2, -0.15) is 0 Å². The van der Waals surface area contributed by atoms with Crippen molar-refractivity contribution in [3.05, 3.63) is 56.3 Å². The molecule has 498 valence electrons. The number of carbonyl (C=O) groups is 10. The van der Waals surface area contributed by atoms with Crippen molar-refractivity contribution in [3.8, 4) is 0 Å². The van der Waals surface area contributed by atoms with Gasteiger partial charge in [-0.05, 0) is 108 Å². The number of carboxylic acids is 4. The van der Waals surface area contributed by atoms with Crippen molar-refractivity contribution in [1.82, 2.24) is 46.2 Å². The highest BCUT2D eigenvalue weighted by atomic mass is 16.4. The highest BCUT2D eigenvalue weighted by Gasteiger charge is 2.40. The molecule has 29 nitrogen and oxygen atoms in total. The van der Waals surface area contributed by atoms with E-state index >= 15 is 0 Å². The Morgan fingerprint density at radius 1 is 0.663 bits per heavy atom. The van der Waals surface area contributed by atoms with E-state index in [-0.39, 0.29) is 141 Å². The summed E-state index contributed by atoms with van der Waals surface area (Å²) in [5.74, 6) is -8.50. The fraction of sp³-hybridized carbons (Fsp3) is 0.667. The lowest BCUT2D eigenvalue weighted by atomic mass is 9.95. The van der Waals surface area contributed by atoms with Gasteiger partial charge in [-0.15, -0.1) is 0 Å². The molecule has 29 heteroatoms. The topological polar surface area (TPSA) is 435 Å². The molecule has 89 heavy (non-hydrogen) atoms. The summed E-state index contributed by atoms with van der Waals surface area (Å²) < 4.78 is 0. The summed E-state index contributed by atoms with van der Waals surface area (Å²) in [6.07, 6.45) is 4.20. The van der Waals surface area contributed by atoms with Gasteiger partial charge in [-0.25, -0.2) is 4.79 Å². The van der Waals surface area contributed by atoms with Crippen molar-refractivity contribution in [2.75, 3.05) is 103 Å². The number of nitrogens with two attached hydrogens (primary N) is 2. The van der Waals surface area contributed by atoms with Gasteiger partial charge in [-0.3, -0.25) is 62.6 Å². The molecule has 1 unspecified atom stereocenters. The Bertz CT molecular complexity index is 2680. The van der Waals surface area contributed by atoms with Gasteiger partial charge in [0.15, 0.2) is 0 Å². The van der Waals surface area contributed by atoms with Crippen molar-refractivity contribution in [2.45, 2.75) is 153 Å². The van der Waals surface area contributed by atoms with E-state index in [1.807, 2.05) is 13.8 Å². The molecule has 2 aromatic rings. The van der Waals surface area contributed by atoms with E-state index in [9.17, 15) is 72.9 Å². The first-order chi connectivity index (χ1) is 42.3. The zero-order chi connectivity index (χ0) is 66.2. The maximum atomic E-state index is 14.5. The number of unbranched alkanes of at least 4 members (excludes halogenated alkanes) is 2. The number of aliphatic carboxylic acids is 4. The minimum absolute atomic E-state index is 0.0119. The molecular formula is C60H97N13O16. The number of likely N-dealkylation sites (tertiary alicyclic amines) is 1. The number of nitrogens with one attached hydrogen (secondary N) is 7. The highest BCUT2D eigenvalue weighted by molar-refractivity contribution is 5.97. The molecule has 1 heterocycles. The van der Waals surface area contributed by atoms with E-state index in [2.05, 4.69) is 37.2 Å². The fourth-order valence-corrected chi connectivity index (χ4v) is 10.4. The van der Waals surface area contributed by atoms with Crippen molar-refractivity contribution in [2.24, 2.45) is 23.3 Å². The summed E-state index contributed by atoms with van der Waals surface area (Å²) in [5.41, 5.74) is 10.3. The summed E-state index contributed by atoms with van der Waals surface area (Å²) >= 11 is 0. The Hall–Kier alpha value is -7.44. The zero-order valence-corrected chi connectivity index (χ0v) is 52.2. The van der Waals surface area contributed by atoms with Crippen LogP contribution in [0.1, 0.15) is 110 Å². The first-order valence-corrected chi connectivity index (χ1v) is 30.8. The lowest BCUT2D eigenvalue weighted by molar-refractivity contribution is -0.145. The minimum Gasteiger partial charge on any atom is -0.480 e. The van der Waals surface area contributed by atoms with Crippen LogP contribution in [0.15, 0.2) is 39.9 Å². The average Bonchev–Trinajstić information content (AvgIpc) is 2.50. The van der Waals surface area contributed by atoms with Gasteiger partial charge in [0.1, 0.15) is 60.0 Å². The molecule has 1 fully saturated rings. The lowest BCUT2D eigenvalue weighted by Crippen LogP contribution is -2.60. The monoisotopic (exact) mass is 1260 g/mol. The van der Waals surface area contributed by atoms with Crippen LogP contribution in [-0.2, 0) is 54.4 Å². The normalized spacial score (nSPS) is 15.6. The van der Waals surface area contributed by atoms with E-state index in [1.165, 1.54) is 9.80 Å². The van der Waals surface area contributed by atoms with Gasteiger partial charge >= 0.3 is 23.9 Å². The molecule has 0 radical (unpaired) electrons. The number of amides is 5. The summed E-state index contributed by atoms with van der Waals surface area (Å²) in [5, 5.41) is 58.3. The van der Waals surface area contributed by atoms with Gasteiger partial charge in [0, 0.05) is 58.8 Å². The number of carboxylic acid groups (broad SMARTS) is 4. The number of hydrogen-bond donors (Lipinski definition) is 13. The average molecular weight is 1260 g/mol. The number of aldehydes is 1. The van der Waals surface area contributed by atoms with Crippen LogP contribution < -0.4 is 59.5 Å². The second-order valence-electron chi connectivity index (χ2n) is 23.3. The largest absolute Gasteiger partial charge is 0.480 e. The predicted octanol–water partition coefficient (Wildman–Crippen LogP) is -1.19. The molecule has 0 aliphatic carbocycles. The first-order valence-electron chi connectivity index (χ1n) is 30.8. The molecule has 1 aliphatic heterocycles. The number of carbonyl (C=O) groups excluding carboxylic acids is 6. The maximum Gasteiger partial charge on any atom is 0.326 e. The van der Waals surface area contributed by atoms with Crippen molar-refractivity contribution in [3.63, 3.8) is 0 Å². The lowest BCUT2D eigenvalue weighted by Gasteiger charge is -2.31. The number of hydrogen-bond acceptors (Lipinski definition) is 20. The van der Waals surface area contributed by atoms with Gasteiger partial charge in [0.2, 0.25) is 29.5 Å². The van der Waals surface area contributed by atoms with Crippen LogP contribution in [0.3, 0.4) is 0 Å². The molecule has 8 atom stereocenters. The van der Waals surface area contributed by atoms with Crippen molar-refractivity contribution in [1.29, 1.82) is 0 Å². The summed E-state index contributed by atoms with van der Waals surface area (Å²) in [6, 6.07) is 0.666.